The third-order valence-electron chi connectivity index (χ3n) is 5.95. The summed E-state index contributed by atoms with van der Waals surface area (Å²) in [6.07, 6.45) is 9.04. The maximum absolute atomic E-state index is 12.9. The fraction of sp³-hybridized carbons (Fsp3) is 0.941. The summed E-state index contributed by atoms with van der Waals surface area (Å²) in [5, 5.41) is 3.69. The van der Waals surface area contributed by atoms with Crippen LogP contribution in [0.4, 0.5) is 0 Å². The Morgan fingerprint density at radius 1 is 1.29 bits per heavy atom. The molecular weight excluding hydrogens is 262 g/mol. The SMILES string of the molecule is CCC1(C)NC(C2CCCC2)N(CCN(C)C2CC2)C1=O. The molecule has 4 nitrogen and oxygen atoms in total. The van der Waals surface area contributed by atoms with E-state index in [1.165, 1.54) is 38.5 Å². The monoisotopic (exact) mass is 293 g/mol. The number of carbonyl (C=O) groups excluding carboxylic acids is 1. The zero-order valence-electron chi connectivity index (χ0n) is 13.9. The van der Waals surface area contributed by atoms with Crippen LogP contribution in [-0.2, 0) is 4.79 Å². The van der Waals surface area contributed by atoms with E-state index >= 15 is 0 Å². The van der Waals surface area contributed by atoms with E-state index in [2.05, 4.69) is 36.0 Å². The average molecular weight is 293 g/mol. The molecule has 1 aliphatic heterocycles. The second-order valence-electron chi connectivity index (χ2n) is 7.53. The van der Waals surface area contributed by atoms with E-state index in [4.69, 9.17) is 0 Å². The topological polar surface area (TPSA) is 35.6 Å². The summed E-state index contributed by atoms with van der Waals surface area (Å²) in [6, 6.07) is 0.776. The summed E-state index contributed by atoms with van der Waals surface area (Å²) in [6.45, 7) is 6.11. The van der Waals surface area contributed by atoms with Gasteiger partial charge in [-0.1, -0.05) is 19.8 Å². The van der Waals surface area contributed by atoms with Gasteiger partial charge in [0.1, 0.15) is 0 Å². The van der Waals surface area contributed by atoms with Gasteiger partial charge in [-0.25, -0.2) is 0 Å². The van der Waals surface area contributed by atoms with Gasteiger partial charge in [0.05, 0.1) is 11.7 Å². The van der Waals surface area contributed by atoms with Crippen LogP contribution in [-0.4, -0.2) is 53.6 Å². The van der Waals surface area contributed by atoms with Crippen LogP contribution in [0.1, 0.15) is 58.8 Å². The van der Waals surface area contributed by atoms with Crippen molar-refractivity contribution in [1.29, 1.82) is 0 Å². The molecule has 0 spiro atoms. The molecule has 1 N–H and O–H groups in total. The molecule has 4 heteroatoms. The molecule has 1 heterocycles. The van der Waals surface area contributed by atoms with Gasteiger partial charge in [0.25, 0.3) is 0 Å². The first-order valence-corrected chi connectivity index (χ1v) is 8.84. The molecule has 0 radical (unpaired) electrons. The number of nitrogens with one attached hydrogen (secondary N) is 1. The van der Waals surface area contributed by atoms with Crippen molar-refractivity contribution >= 4 is 5.91 Å². The first kappa shape index (κ1) is 15.3. The van der Waals surface area contributed by atoms with Gasteiger partial charge in [0, 0.05) is 19.1 Å². The zero-order valence-corrected chi connectivity index (χ0v) is 13.9. The van der Waals surface area contributed by atoms with Crippen molar-refractivity contribution in [3.63, 3.8) is 0 Å². The highest BCUT2D eigenvalue weighted by molar-refractivity contribution is 5.88. The molecule has 0 aromatic heterocycles. The lowest BCUT2D eigenvalue weighted by Gasteiger charge is -2.30. The molecule has 3 rings (SSSR count). The molecule has 120 valence electrons. The molecule has 2 saturated carbocycles. The molecule has 3 aliphatic rings. The van der Waals surface area contributed by atoms with E-state index in [-0.39, 0.29) is 11.7 Å². The second kappa shape index (κ2) is 5.88. The van der Waals surface area contributed by atoms with Crippen molar-refractivity contribution in [3.8, 4) is 0 Å². The largest absolute Gasteiger partial charge is 0.324 e. The van der Waals surface area contributed by atoms with E-state index in [0.29, 0.717) is 11.8 Å². The molecule has 2 atom stereocenters. The van der Waals surface area contributed by atoms with Crippen LogP contribution in [0.2, 0.25) is 0 Å². The third kappa shape index (κ3) is 2.98. The Hall–Kier alpha value is -0.610. The van der Waals surface area contributed by atoms with Crippen molar-refractivity contribution in [1.82, 2.24) is 15.1 Å². The Morgan fingerprint density at radius 3 is 2.52 bits per heavy atom. The summed E-state index contributed by atoms with van der Waals surface area (Å²) in [5.41, 5.74) is -0.342. The lowest BCUT2D eigenvalue weighted by Crippen LogP contribution is -2.46. The van der Waals surface area contributed by atoms with Gasteiger partial charge >= 0.3 is 0 Å². The first-order chi connectivity index (χ1) is 10.0. The van der Waals surface area contributed by atoms with Crippen LogP contribution in [0, 0.1) is 5.92 Å². The number of hydrogen-bond donors (Lipinski definition) is 1. The number of rotatable bonds is 6. The Balaban J connectivity index is 1.67. The number of hydrogen-bond acceptors (Lipinski definition) is 3. The molecular formula is C17H31N3O. The summed E-state index contributed by atoms with van der Waals surface area (Å²) in [5.74, 6) is 0.986. The fourth-order valence-corrected chi connectivity index (χ4v) is 4.01. The fourth-order valence-electron chi connectivity index (χ4n) is 4.01. The summed E-state index contributed by atoms with van der Waals surface area (Å²) in [7, 11) is 2.20. The van der Waals surface area contributed by atoms with Crippen LogP contribution in [0.25, 0.3) is 0 Å². The lowest BCUT2D eigenvalue weighted by atomic mass is 9.99. The van der Waals surface area contributed by atoms with Crippen molar-refractivity contribution in [2.24, 2.45) is 5.92 Å². The van der Waals surface area contributed by atoms with Crippen LogP contribution in [0.15, 0.2) is 0 Å². The predicted molar refractivity (Wildman–Crippen MR) is 84.9 cm³/mol. The minimum Gasteiger partial charge on any atom is -0.324 e. The third-order valence-corrected chi connectivity index (χ3v) is 5.95. The molecule has 1 amide bonds. The van der Waals surface area contributed by atoms with Crippen LogP contribution in [0.3, 0.4) is 0 Å². The highest BCUT2D eigenvalue weighted by Gasteiger charge is 2.49. The number of likely N-dealkylation sites (N-methyl/N-ethyl adjacent to an activating group) is 1. The van der Waals surface area contributed by atoms with Crippen LogP contribution >= 0.6 is 0 Å². The zero-order chi connectivity index (χ0) is 15.0. The molecule has 3 fully saturated rings. The summed E-state index contributed by atoms with van der Waals surface area (Å²) < 4.78 is 0. The second-order valence-corrected chi connectivity index (χ2v) is 7.53. The predicted octanol–water partition coefficient (Wildman–Crippen LogP) is 2.20. The van der Waals surface area contributed by atoms with Crippen LogP contribution < -0.4 is 5.32 Å². The van der Waals surface area contributed by atoms with Crippen molar-refractivity contribution in [2.45, 2.75) is 76.5 Å². The minimum atomic E-state index is -0.342. The molecule has 0 aromatic rings. The Morgan fingerprint density at radius 2 is 1.95 bits per heavy atom. The van der Waals surface area contributed by atoms with E-state index in [9.17, 15) is 4.79 Å². The molecule has 21 heavy (non-hydrogen) atoms. The van der Waals surface area contributed by atoms with Gasteiger partial charge in [-0.15, -0.1) is 0 Å². The van der Waals surface area contributed by atoms with Crippen molar-refractivity contribution in [3.05, 3.63) is 0 Å². The van der Waals surface area contributed by atoms with E-state index in [1.807, 2.05) is 0 Å². The standard InChI is InChI=1S/C17H31N3O/c1-4-17(2)16(21)20(12-11-19(3)14-9-10-14)15(18-17)13-7-5-6-8-13/h13-15,18H,4-12H2,1-3H3. The van der Waals surface area contributed by atoms with E-state index in [0.717, 1.165) is 25.6 Å². The maximum atomic E-state index is 12.9. The Kier molecular flexibility index (Phi) is 4.28. The normalized spacial score (nSPS) is 34.4. The van der Waals surface area contributed by atoms with Gasteiger partial charge in [-0.05, 0) is 52.0 Å². The Labute approximate surface area is 129 Å². The molecule has 0 bridgehead atoms. The highest BCUT2D eigenvalue weighted by atomic mass is 16.2. The minimum absolute atomic E-state index is 0.276. The molecule has 0 aromatic carbocycles. The van der Waals surface area contributed by atoms with Crippen LogP contribution in [0.5, 0.6) is 0 Å². The van der Waals surface area contributed by atoms with Gasteiger partial charge in [-0.3, -0.25) is 10.1 Å². The Bertz CT molecular complexity index is 389. The molecule has 2 aliphatic carbocycles. The maximum Gasteiger partial charge on any atom is 0.243 e. The number of amides is 1. The van der Waals surface area contributed by atoms with Gasteiger partial charge < -0.3 is 9.80 Å². The number of nitrogens with zero attached hydrogens (tertiary/aromatic N) is 2. The van der Waals surface area contributed by atoms with E-state index < -0.39 is 0 Å². The lowest BCUT2D eigenvalue weighted by molar-refractivity contribution is -0.133. The number of carbonyl (C=O) groups is 1. The van der Waals surface area contributed by atoms with Crippen molar-refractivity contribution in [2.75, 3.05) is 20.1 Å². The van der Waals surface area contributed by atoms with Crippen molar-refractivity contribution < 1.29 is 4.79 Å². The first-order valence-electron chi connectivity index (χ1n) is 8.84. The highest BCUT2D eigenvalue weighted by Crippen LogP contribution is 2.35. The average Bonchev–Trinajstić information content (AvgIpc) is 3.13. The van der Waals surface area contributed by atoms with E-state index in [1.54, 1.807) is 0 Å². The quantitative estimate of drug-likeness (QED) is 0.815. The van der Waals surface area contributed by atoms with Gasteiger partial charge in [0.2, 0.25) is 5.91 Å². The molecule has 1 saturated heterocycles. The summed E-state index contributed by atoms with van der Waals surface area (Å²) in [4.78, 5) is 17.5. The van der Waals surface area contributed by atoms with Gasteiger partial charge in [0.15, 0.2) is 0 Å². The van der Waals surface area contributed by atoms with Gasteiger partial charge in [-0.2, -0.15) is 0 Å². The summed E-state index contributed by atoms with van der Waals surface area (Å²) >= 11 is 0. The molecule has 2 unspecified atom stereocenters. The smallest absolute Gasteiger partial charge is 0.243 e.